The zero-order chi connectivity index (χ0) is 14.7. The molecule has 0 radical (unpaired) electrons. The highest BCUT2D eigenvalue weighted by Crippen LogP contribution is 2.30. The van der Waals surface area contributed by atoms with Gasteiger partial charge in [-0.15, -0.1) is 0 Å². The third kappa shape index (κ3) is 2.80. The van der Waals surface area contributed by atoms with Gasteiger partial charge in [-0.05, 0) is 24.3 Å². The molecule has 2 N–H and O–H groups in total. The molecule has 0 aliphatic carbocycles. The molecule has 0 bridgehead atoms. The number of ether oxygens (including phenoxy) is 2. The van der Waals surface area contributed by atoms with Gasteiger partial charge in [-0.1, -0.05) is 12.1 Å². The molecule has 0 amide bonds. The van der Waals surface area contributed by atoms with E-state index < -0.39 is 0 Å². The molecule has 2 aromatic carbocycles. The molecule has 0 aliphatic heterocycles. The van der Waals surface area contributed by atoms with Crippen LogP contribution in [0.1, 0.15) is 5.56 Å². The van der Waals surface area contributed by atoms with Gasteiger partial charge < -0.3 is 15.2 Å². The van der Waals surface area contributed by atoms with Crippen LogP contribution >= 0.6 is 0 Å². The molecule has 0 fully saturated rings. The second kappa shape index (κ2) is 5.81. The molecule has 0 aliphatic rings. The van der Waals surface area contributed by atoms with E-state index in [9.17, 15) is 0 Å². The Labute approximate surface area is 123 Å². The molecular weight excluding hydrogens is 264 g/mol. The summed E-state index contributed by atoms with van der Waals surface area (Å²) in [5.74, 6) is 2.16. The molecule has 21 heavy (non-hydrogen) atoms. The fourth-order valence-electron chi connectivity index (χ4n) is 2.16. The van der Waals surface area contributed by atoms with Gasteiger partial charge in [0.25, 0.3) is 0 Å². The minimum atomic E-state index is 0.408. The van der Waals surface area contributed by atoms with Crippen molar-refractivity contribution in [2.75, 3.05) is 7.11 Å². The van der Waals surface area contributed by atoms with Gasteiger partial charge in [-0.25, -0.2) is 0 Å². The molecule has 0 atom stereocenters. The fourth-order valence-corrected chi connectivity index (χ4v) is 2.16. The number of nitrogens with two attached hydrogens (primary N) is 1. The van der Waals surface area contributed by atoms with Crippen LogP contribution in [0.25, 0.3) is 10.9 Å². The standard InChI is InChI=1S/C17H16N2O2/c1-20-14-6-5-13(11-18)17(10-14)21-15-7-4-12-3-2-8-19-16(12)9-15/h2-10H,11,18H2,1H3. The Bertz CT molecular complexity index is 772. The molecule has 4 heteroatoms. The molecule has 0 saturated heterocycles. The predicted molar refractivity (Wildman–Crippen MR) is 82.7 cm³/mol. The van der Waals surface area contributed by atoms with Crippen LogP contribution in [0.4, 0.5) is 0 Å². The van der Waals surface area contributed by atoms with Crippen LogP contribution in [-0.4, -0.2) is 12.1 Å². The lowest BCUT2D eigenvalue weighted by molar-refractivity contribution is 0.408. The lowest BCUT2D eigenvalue weighted by Gasteiger charge is -2.12. The van der Waals surface area contributed by atoms with Crippen molar-refractivity contribution in [2.45, 2.75) is 6.54 Å². The Morgan fingerprint density at radius 2 is 1.90 bits per heavy atom. The van der Waals surface area contributed by atoms with Gasteiger partial charge in [-0.3, -0.25) is 4.98 Å². The number of rotatable bonds is 4. The summed E-state index contributed by atoms with van der Waals surface area (Å²) in [6.45, 7) is 0.408. The number of hydrogen-bond acceptors (Lipinski definition) is 4. The van der Waals surface area contributed by atoms with E-state index in [2.05, 4.69) is 4.98 Å². The number of pyridine rings is 1. The Morgan fingerprint density at radius 3 is 2.71 bits per heavy atom. The normalized spacial score (nSPS) is 10.6. The van der Waals surface area contributed by atoms with Gasteiger partial charge in [0.2, 0.25) is 0 Å². The summed E-state index contributed by atoms with van der Waals surface area (Å²) in [7, 11) is 1.63. The SMILES string of the molecule is COc1ccc(CN)c(Oc2ccc3cccnc3c2)c1. The highest BCUT2D eigenvalue weighted by atomic mass is 16.5. The summed E-state index contributed by atoms with van der Waals surface area (Å²) in [6.07, 6.45) is 1.77. The van der Waals surface area contributed by atoms with Crippen molar-refractivity contribution >= 4 is 10.9 Å². The number of nitrogens with zero attached hydrogens (tertiary/aromatic N) is 1. The monoisotopic (exact) mass is 280 g/mol. The van der Waals surface area contributed by atoms with Crippen molar-refractivity contribution in [1.29, 1.82) is 0 Å². The molecule has 0 spiro atoms. The molecule has 3 rings (SSSR count). The zero-order valence-electron chi connectivity index (χ0n) is 11.7. The Morgan fingerprint density at radius 1 is 1.05 bits per heavy atom. The second-order valence-electron chi connectivity index (χ2n) is 4.64. The van der Waals surface area contributed by atoms with Gasteiger partial charge in [0.1, 0.15) is 17.2 Å². The van der Waals surface area contributed by atoms with Crippen LogP contribution in [0, 0.1) is 0 Å². The molecule has 4 nitrogen and oxygen atoms in total. The Balaban J connectivity index is 1.97. The first-order chi connectivity index (χ1) is 10.3. The molecule has 0 saturated carbocycles. The number of benzene rings is 2. The molecule has 1 aromatic heterocycles. The van der Waals surface area contributed by atoms with Gasteiger partial charge in [0.15, 0.2) is 0 Å². The van der Waals surface area contributed by atoms with Gasteiger partial charge in [0, 0.05) is 35.8 Å². The number of aromatic nitrogens is 1. The van der Waals surface area contributed by atoms with E-state index in [1.807, 2.05) is 48.5 Å². The molecule has 0 unspecified atom stereocenters. The minimum Gasteiger partial charge on any atom is -0.497 e. The quantitative estimate of drug-likeness (QED) is 0.794. The fraction of sp³-hybridized carbons (Fsp3) is 0.118. The maximum Gasteiger partial charge on any atom is 0.135 e. The van der Waals surface area contributed by atoms with Crippen LogP contribution in [0.15, 0.2) is 54.7 Å². The average Bonchev–Trinajstić information content (AvgIpc) is 2.54. The zero-order valence-corrected chi connectivity index (χ0v) is 11.7. The summed E-state index contributed by atoms with van der Waals surface area (Å²) < 4.78 is 11.2. The van der Waals surface area contributed by atoms with Gasteiger partial charge in [0.05, 0.1) is 12.6 Å². The third-order valence-electron chi connectivity index (χ3n) is 3.30. The maximum atomic E-state index is 5.95. The van der Waals surface area contributed by atoms with Crippen molar-refractivity contribution < 1.29 is 9.47 Å². The summed E-state index contributed by atoms with van der Waals surface area (Å²) in [4.78, 5) is 4.33. The summed E-state index contributed by atoms with van der Waals surface area (Å²) in [6, 6.07) is 15.4. The maximum absolute atomic E-state index is 5.95. The largest absolute Gasteiger partial charge is 0.497 e. The number of fused-ring (bicyclic) bond motifs is 1. The van der Waals surface area contributed by atoms with Crippen molar-refractivity contribution in [3.8, 4) is 17.2 Å². The van der Waals surface area contributed by atoms with Crippen LogP contribution in [0.5, 0.6) is 17.2 Å². The minimum absolute atomic E-state index is 0.408. The van der Waals surface area contributed by atoms with Crippen molar-refractivity contribution in [1.82, 2.24) is 4.98 Å². The van der Waals surface area contributed by atoms with E-state index in [1.54, 1.807) is 13.3 Å². The topological polar surface area (TPSA) is 57.4 Å². The average molecular weight is 280 g/mol. The highest BCUT2D eigenvalue weighted by molar-refractivity contribution is 5.79. The smallest absolute Gasteiger partial charge is 0.135 e. The molecule has 3 aromatic rings. The summed E-state index contributed by atoms with van der Waals surface area (Å²) >= 11 is 0. The van der Waals surface area contributed by atoms with E-state index in [4.69, 9.17) is 15.2 Å². The molecular formula is C17H16N2O2. The highest BCUT2D eigenvalue weighted by Gasteiger charge is 2.07. The Hall–Kier alpha value is -2.59. The summed E-state index contributed by atoms with van der Waals surface area (Å²) in [5, 5.41) is 1.08. The van der Waals surface area contributed by atoms with Crippen LogP contribution < -0.4 is 15.2 Å². The number of methoxy groups -OCH3 is 1. The van der Waals surface area contributed by atoms with Gasteiger partial charge in [-0.2, -0.15) is 0 Å². The van der Waals surface area contributed by atoms with Crippen molar-refractivity contribution in [3.63, 3.8) is 0 Å². The first kappa shape index (κ1) is 13.4. The van der Waals surface area contributed by atoms with Crippen LogP contribution in [0.2, 0.25) is 0 Å². The summed E-state index contributed by atoms with van der Waals surface area (Å²) in [5.41, 5.74) is 7.58. The predicted octanol–water partition coefficient (Wildman–Crippen LogP) is 3.49. The first-order valence-electron chi connectivity index (χ1n) is 6.70. The molecule has 106 valence electrons. The Kier molecular flexibility index (Phi) is 3.71. The van der Waals surface area contributed by atoms with Crippen molar-refractivity contribution in [3.05, 3.63) is 60.3 Å². The van der Waals surface area contributed by atoms with E-state index in [0.29, 0.717) is 12.3 Å². The van der Waals surface area contributed by atoms with E-state index >= 15 is 0 Å². The first-order valence-corrected chi connectivity index (χ1v) is 6.70. The third-order valence-corrected chi connectivity index (χ3v) is 3.30. The van der Waals surface area contributed by atoms with Gasteiger partial charge >= 0.3 is 0 Å². The lowest BCUT2D eigenvalue weighted by Crippen LogP contribution is -2.00. The van der Waals surface area contributed by atoms with E-state index in [1.165, 1.54) is 0 Å². The second-order valence-corrected chi connectivity index (χ2v) is 4.64. The van der Waals surface area contributed by atoms with Crippen LogP contribution in [0.3, 0.4) is 0 Å². The van der Waals surface area contributed by atoms with E-state index in [-0.39, 0.29) is 0 Å². The lowest BCUT2D eigenvalue weighted by atomic mass is 10.2. The number of hydrogen-bond donors (Lipinski definition) is 1. The van der Waals surface area contributed by atoms with Crippen LogP contribution in [-0.2, 0) is 6.54 Å². The van der Waals surface area contributed by atoms with Crippen molar-refractivity contribution in [2.24, 2.45) is 5.73 Å². The molecule has 1 heterocycles. The van der Waals surface area contributed by atoms with E-state index in [0.717, 1.165) is 28.0 Å².